The minimum absolute atomic E-state index is 0.550. The van der Waals surface area contributed by atoms with Crippen molar-refractivity contribution in [1.29, 1.82) is 0 Å². The highest BCUT2D eigenvalue weighted by Crippen LogP contribution is 2.41. The van der Waals surface area contributed by atoms with E-state index < -0.39 is 0 Å². The molecule has 1 aliphatic carbocycles. The number of benzene rings is 5. The van der Waals surface area contributed by atoms with E-state index in [9.17, 15) is 0 Å². The van der Waals surface area contributed by atoms with E-state index in [1.807, 2.05) is 42.6 Å². The van der Waals surface area contributed by atoms with Crippen LogP contribution in [0, 0.1) is 0 Å². The van der Waals surface area contributed by atoms with E-state index in [4.69, 9.17) is 19.9 Å². The van der Waals surface area contributed by atoms with Gasteiger partial charge < -0.3 is 9.13 Å². The van der Waals surface area contributed by atoms with Gasteiger partial charge in [0.15, 0.2) is 17.5 Å². The second kappa shape index (κ2) is 11.5. The molecular weight excluding hydrogens is 613 g/mol. The van der Waals surface area contributed by atoms with E-state index in [-0.39, 0.29) is 0 Å². The summed E-state index contributed by atoms with van der Waals surface area (Å²) in [6, 6.07) is 46.7. The van der Waals surface area contributed by atoms with E-state index in [0.29, 0.717) is 23.2 Å². The lowest BCUT2D eigenvalue weighted by atomic mass is 10.1. The number of pyridine rings is 1. The average molecular weight is 643 g/mol. The highest BCUT2D eigenvalue weighted by Gasteiger charge is 2.21. The fourth-order valence-electron chi connectivity index (χ4n) is 7.38. The second-order valence-electron chi connectivity index (χ2n) is 12.6. The Morgan fingerprint density at radius 3 is 1.70 bits per heavy atom. The quantitative estimate of drug-likeness (QED) is 0.187. The molecule has 0 spiro atoms. The molecule has 0 unspecified atom stereocenters. The summed E-state index contributed by atoms with van der Waals surface area (Å²) in [5.41, 5.74) is 9.34. The summed E-state index contributed by atoms with van der Waals surface area (Å²) in [6.07, 6.45) is 10.4. The molecule has 0 saturated carbocycles. The van der Waals surface area contributed by atoms with Crippen molar-refractivity contribution in [2.24, 2.45) is 0 Å². The van der Waals surface area contributed by atoms with Crippen LogP contribution in [0.1, 0.15) is 18.7 Å². The molecule has 1 aliphatic rings. The number of allylic oxidation sites excluding steroid dienone is 4. The topological polar surface area (TPSA) is 61.4 Å². The zero-order valence-electron chi connectivity index (χ0n) is 27.1. The van der Waals surface area contributed by atoms with Gasteiger partial charge in [0.1, 0.15) is 5.69 Å². The van der Waals surface area contributed by atoms with Gasteiger partial charge in [-0.3, -0.25) is 4.98 Å². The van der Waals surface area contributed by atoms with E-state index in [0.717, 1.165) is 46.4 Å². The Hall–Kier alpha value is -6.66. The first-order valence-electron chi connectivity index (χ1n) is 17.0. The minimum atomic E-state index is 0.550. The fourth-order valence-corrected chi connectivity index (χ4v) is 7.38. The lowest BCUT2D eigenvalue weighted by Gasteiger charge is -2.13. The number of nitrogens with zero attached hydrogens (tertiary/aromatic N) is 6. The Kier molecular flexibility index (Phi) is 6.52. The van der Waals surface area contributed by atoms with E-state index in [1.54, 1.807) is 0 Å². The smallest absolute Gasteiger partial charge is 0.182 e. The van der Waals surface area contributed by atoms with E-state index in [1.165, 1.54) is 32.6 Å². The van der Waals surface area contributed by atoms with Gasteiger partial charge in [0.2, 0.25) is 0 Å². The van der Waals surface area contributed by atoms with Crippen molar-refractivity contribution in [3.8, 4) is 34.3 Å². The van der Waals surface area contributed by atoms with Crippen molar-refractivity contribution in [2.75, 3.05) is 0 Å². The van der Waals surface area contributed by atoms with Crippen molar-refractivity contribution in [3.63, 3.8) is 0 Å². The van der Waals surface area contributed by atoms with Crippen LogP contribution in [0.5, 0.6) is 0 Å². The lowest BCUT2D eigenvalue weighted by molar-refractivity contribution is 0.999. The third-order valence-corrected chi connectivity index (χ3v) is 9.64. The highest BCUT2D eigenvalue weighted by atomic mass is 15.1. The normalized spacial score (nSPS) is 13.1. The molecule has 4 heterocycles. The molecule has 4 aromatic heterocycles. The maximum atomic E-state index is 5.03. The molecule has 10 rings (SSSR count). The number of aromatic nitrogens is 6. The van der Waals surface area contributed by atoms with Crippen LogP contribution < -0.4 is 0 Å². The molecule has 236 valence electrons. The third-order valence-electron chi connectivity index (χ3n) is 9.64. The van der Waals surface area contributed by atoms with Gasteiger partial charge in [0.25, 0.3) is 0 Å². The van der Waals surface area contributed by atoms with Crippen LogP contribution in [-0.4, -0.2) is 29.1 Å². The van der Waals surface area contributed by atoms with Crippen LogP contribution in [0.3, 0.4) is 0 Å². The van der Waals surface area contributed by atoms with Gasteiger partial charge in [0, 0.05) is 38.4 Å². The van der Waals surface area contributed by atoms with Crippen LogP contribution in [0.2, 0.25) is 0 Å². The SMILES string of the molecule is C1=CC(c2nc(-c3ccccc3)nc(-c3ccc(-n4c5ccccc5c5ccc6c7ccccc7n(-c7ccccc7)c6c54)cn3)n2)=CCC1. The number of hydrogen-bond donors (Lipinski definition) is 0. The molecule has 6 nitrogen and oxygen atoms in total. The first kappa shape index (κ1) is 28.4. The highest BCUT2D eigenvalue weighted by molar-refractivity contribution is 6.23. The van der Waals surface area contributed by atoms with Crippen molar-refractivity contribution in [2.45, 2.75) is 12.8 Å². The monoisotopic (exact) mass is 642 g/mol. The Labute approximate surface area is 288 Å². The summed E-state index contributed by atoms with van der Waals surface area (Å²) >= 11 is 0. The molecule has 6 heteroatoms. The first-order chi connectivity index (χ1) is 24.8. The van der Waals surface area contributed by atoms with Gasteiger partial charge >= 0.3 is 0 Å². The van der Waals surface area contributed by atoms with Gasteiger partial charge in [-0.05, 0) is 49.2 Å². The predicted octanol–water partition coefficient (Wildman–Crippen LogP) is 10.5. The molecule has 9 aromatic rings. The van der Waals surface area contributed by atoms with Crippen LogP contribution in [0.15, 0.2) is 158 Å². The van der Waals surface area contributed by atoms with Gasteiger partial charge in [-0.25, -0.2) is 15.0 Å². The summed E-state index contributed by atoms with van der Waals surface area (Å²) in [5, 5.41) is 4.83. The Morgan fingerprint density at radius 2 is 1.06 bits per heavy atom. The van der Waals surface area contributed by atoms with Crippen molar-refractivity contribution in [1.82, 2.24) is 29.1 Å². The second-order valence-corrected chi connectivity index (χ2v) is 12.6. The van der Waals surface area contributed by atoms with Crippen LogP contribution >= 0.6 is 0 Å². The molecule has 0 bridgehead atoms. The Balaban J connectivity index is 1.20. The molecule has 0 N–H and O–H groups in total. The van der Waals surface area contributed by atoms with Crippen molar-refractivity contribution in [3.05, 3.63) is 164 Å². The molecule has 0 fully saturated rings. The first-order valence-corrected chi connectivity index (χ1v) is 17.0. The lowest BCUT2D eigenvalue weighted by Crippen LogP contribution is -2.04. The summed E-state index contributed by atoms with van der Waals surface area (Å²) in [4.78, 5) is 19.8. The molecular formula is C44H30N6. The molecule has 5 aromatic carbocycles. The van der Waals surface area contributed by atoms with Gasteiger partial charge in [-0.1, -0.05) is 115 Å². The molecule has 0 amide bonds. The average Bonchev–Trinajstić information content (AvgIpc) is 3.72. The van der Waals surface area contributed by atoms with Gasteiger partial charge in [-0.15, -0.1) is 0 Å². The van der Waals surface area contributed by atoms with Crippen LogP contribution in [0.25, 0.3) is 83.5 Å². The minimum Gasteiger partial charge on any atom is -0.307 e. The summed E-state index contributed by atoms with van der Waals surface area (Å²) < 4.78 is 4.75. The number of fused-ring (bicyclic) bond motifs is 7. The van der Waals surface area contributed by atoms with Crippen molar-refractivity contribution < 1.29 is 0 Å². The van der Waals surface area contributed by atoms with Crippen LogP contribution in [-0.2, 0) is 0 Å². The molecule has 0 saturated heterocycles. The maximum absolute atomic E-state index is 5.03. The zero-order chi connectivity index (χ0) is 33.0. The summed E-state index contributed by atoms with van der Waals surface area (Å²) in [5.74, 6) is 1.85. The van der Waals surface area contributed by atoms with Gasteiger partial charge in [0.05, 0.1) is 34.0 Å². The number of rotatable bonds is 5. The number of para-hydroxylation sites is 3. The largest absolute Gasteiger partial charge is 0.307 e. The van der Waals surface area contributed by atoms with Gasteiger partial charge in [-0.2, -0.15) is 0 Å². The zero-order valence-corrected chi connectivity index (χ0v) is 27.1. The van der Waals surface area contributed by atoms with E-state index >= 15 is 0 Å². The standard InChI is InChI=1S/C44H30N6/c1-4-14-29(15-5-1)42-46-43(30-16-6-2-7-17-30)48-44(47-42)37-27-24-32(28-45-37)50-39-23-13-11-21-34(39)36-26-25-35-33-20-10-12-22-38(33)49(40(35)41(36)50)31-18-8-3-9-19-31/h1,3-6,8-28H,2,7H2. The fraction of sp³-hybridized carbons (Fsp3) is 0.0455. The summed E-state index contributed by atoms with van der Waals surface area (Å²) in [6.45, 7) is 0. The third kappa shape index (κ3) is 4.49. The Bertz CT molecular complexity index is 2790. The van der Waals surface area contributed by atoms with Crippen LogP contribution in [0.4, 0.5) is 0 Å². The maximum Gasteiger partial charge on any atom is 0.182 e. The molecule has 0 aliphatic heterocycles. The number of hydrogen-bond acceptors (Lipinski definition) is 4. The predicted molar refractivity (Wildman–Crippen MR) is 204 cm³/mol. The molecule has 0 atom stereocenters. The Morgan fingerprint density at radius 1 is 0.460 bits per heavy atom. The summed E-state index contributed by atoms with van der Waals surface area (Å²) in [7, 11) is 0. The van der Waals surface area contributed by atoms with Crippen molar-refractivity contribution >= 4 is 49.2 Å². The molecule has 0 radical (unpaired) electrons. The van der Waals surface area contributed by atoms with E-state index in [2.05, 4.69) is 124 Å². The molecule has 50 heavy (non-hydrogen) atoms.